The Labute approximate surface area is 213 Å². The number of hydrogen-bond acceptors (Lipinski definition) is 0. The van der Waals surface area contributed by atoms with Gasteiger partial charge in [-0.2, -0.15) is 0 Å². The second kappa shape index (κ2) is 11.3. The number of nitrogens with zero attached hydrogens (tertiary/aromatic N) is 2. The first-order valence-electron chi connectivity index (χ1n) is 9.44. The van der Waals surface area contributed by atoms with Crippen LogP contribution in [0.25, 0.3) is 32.9 Å². The molecule has 0 fully saturated rings. The average Bonchev–Trinajstić information content (AvgIpc) is 3.54. The molecule has 0 spiro atoms. The van der Waals surface area contributed by atoms with Crippen LogP contribution in [0.1, 0.15) is 0 Å². The van der Waals surface area contributed by atoms with Crippen molar-refractivity contribution in [3.05, 3.63) is 122 Å². The van der Waals surface area contributed by atoms with Crippen LogP contribution in [-0.4, -0.2) is 9.13 Å². The zero-order chi connectivity index (χ0) is 18.8. The van der Waals surface area contributed by atoms with Crippen molar-refractivity contribution in [3.63, 3.8) is 0 Å². The van der Waals surface area contributed by atoms with Crippen molar-refractivity contribution >= 4 is 21.5 Å². The van der Waals surface area contributed by atoms with Gasteiger partial charge in [0.1, 0.15) is 0 Å². The molecule has 0 N–H and O–H groups in total. The van der Waals surface area contributed by atoms with E-state index in [1.807, 2.05) is 24.3 Å². The smallest absolute Gasteiger partial charge is 1.00 e. The minimum absolute atomic E-state index is 0. The quantitative estimate of drug-likeness (QED) is 0.202. The zero-order valence-electron chi connectivity index (χ0n) is 16.7. The Kier molecular flexibility index (Phi) is 9.12. The fourth-order valence-corrected chi connectivity index (χ4v) is 3.58. The van der Waals surface area contributed by atoms with Crippen LogP contribution < -0.4 is 24.8 Å². The van der Waals surface area contributed by atoms with Gasteiger partial charge in [0, 0.05) is 24.8 Å². The van der Waals surface area contributed by atoms with Crippen LogP contribution >= 0.6 is 0 Å². The van der Waals surface area contributed by atoms with Crippen LogP contribution in [0.4, 0.5) is 0 Å². The van der Waals surface area contributed by atoms with E-state index in [0.717, 1.165) is 0 Å². The minimum atomic E-state index is 0. The Balaban J connectivity index is 0.000000201. The fraction of sp³-hybridized carbons (Fsp3) is 0. The maximum atomic E-state index is 2.20. The zero-order valence-corrected chi connectivity index (χ0v) is 21.8. The molecule has 4 aromatic carbocycles. The van der Waals surface area contributed by atoms with Gasteiger partial charge in [-0.25, -0.2) is 0 Å². The summed E-state index contributed by atoms with van der Waals surface area (Å²) in [5.41, 5.74) is 2.47. The van der Waals surface area contributed by atoms with E-state index in [1.165, 1.54) is 32.9 Å². The van der Waals surface area contributed by atoms with E-state index >= 15 is 0 Å². The Bertz CT molecular complexity index is 1140. The molecular formula is C26H20Cl2HfN2. The standard InChI is InChI=1S/2C13H10N.2ClH.Hf/c2*1-2-6-12-10-13(9-11(12)5-1)14-7-3-4-8-14;;;/h2*1-10H;2*1H;/q2*-1;;;+4/p-2. The van der Waals surface area contributed by atoms with Crippen molar-refractivity contribution in [2.75, 3.05) is 0 Å². The van der Waals surface area contributed by atoms with Gasteiger partial charge in [-0.3, -0.25) is 0 Å². The SMILES string of the molecule is [Cl-].[Cl-].[Hf+4].c1ccc2[cH-]c(-n3cccc3)cc2c1.c1ccc2[cH-]c(-n3cccc3)cc2c1. The molecule has 0 aliphatic rings. The molecule has 152 valence electrons. The van der Waals surface area contributed by atoms with Crippen molar-refractivity contribution < 1.29 is 50.7 Å². The number of hydrogen-bond donors (Lipinski definition) is 0. The molecule has 0 atom stereocenters. The van der Waals surface area contributed by atoms with E-state index < -0.39 is 0 Å². The van der Waals surface area contributed by atoms with Gasteiger partial charge in [0.2, 0.25) is 0 Å². The predicted octanol–water partition coefficient (Wildman–Crippen LogP) is 0.704. The third-order valence-electron chi connectivity index (χ3n) is 5.01. The van der Waals surface area contributed by atoms with Crippen molar-refractivity contribution in [3.8, 4) is 11.4 Å². The Hall–Kier alpha value is -2.33. The van der Waals surface area contributed by atoms with E-state index in [9.17, 15) is 0 Å². The van der Waals surface area contributed by atoms with Crippen LogP contribution in [0.3, 0.4) is 0 Å². The van der Waals surface area contributed by atoms with Gasteiger partial charge >= 0.3 is 25.8 Å². The molecule has 31 heavy (non-hydrogen) atoms. The van der Waals surface area contributed by atoms with E-state index in [0.29, 0.717) is 0 Å². The number of aromatic nitrogens is 2. The average molecular weight is 610 g/mol. The van der Waals surface area contributed by atoms with Gasteiger partial charge in [0.05, 0.1) is 0 Å². The largest absolute Gasteiger partial charge is 4.00 e. The molecule has 0 aliphatic heterocycles. The monoisotopic (exact) mass is 610 g/mol. The van der Waals surface area contributed by atoms with Crippen LogP contribution in [-0.2, 0) is 25.8 Å². The Morgan fingerprint density at radius 3 is 1.19 bits per heavy atom. The van der Waals surface area contributed by atoms with Crippen LogP contribution in [0, 0.1) is 0 Å². The van der Waals surface area contributed by atoms with Gasteiger partial charge in [-0.15, -0.1) is 82.2 Å². The summed E-state index contributed by atoms with van der Waals surface area (Å²) in [5.74, 6) is 0. The summed E-state index contributed by atoms with van der Waals surface area (Å²) in [5, 5.41) is 5.21. The number of benzene rings is 2. The molecule has 2 nitrogen and oxygen atoms in total. The Morgan fingerprint density at radius 1 is 0.484 bits per heavy atom. The van der Waals surface area contributed by atoms with Crippen molar-refractivity contribution in [1.82, 2.24) is 9.13 Å². The molecule has 6 rings (SSSR count). The molecule has 0 bridgehead atoms. The molecule has 0 aliphatic carbocycles. The summed E-state index contributed by atoms with van der Waals surface area (Å²) in [6, 6.07) is 33.8. The number of fused-ring (bicyclic) bond motifs is 2. The second-order valence-electron chi connectivity index (χ2n) is 6.87. The summed E-state index contributed by atoms with van der Waals surface area (Å²) < 4.78 is 4.25. The third kappa shape index (κ3) is 5.48. The van der Waals surface area contributed by atoms with Crippen LogP contribution in [0.15, 0.2) is 122 Å². The van der Waals surface area contributed by atoms with E-state index in [-0.39, 0.29) is 50.7 Å². The van der Waals surface area contributed by atoms with Gasteiger partial charge in [-0.1, -0.05) is 12.1 Å². The molecule has 0 saturated heterocycles. The maximum absolute atomic E-state index is 2.20. The van der Waals surface area contributed by atoms with Crippen molar-refractivity contribution in [2.24, 2.45) is 0 Å². The summed E-state index contributed by atoms with van der Waals surface area (Å²) in [7, 11) is 0. The van der Waals surface area contributed by atoms with Crippen LogP contribution in [0.5, 0.6) is 0 Å². The molecule has 6 aromatic rings. The number of rotatable bonds is 2. The van der Waals surface area contributed by atoms with Gasteiger partial charge in [0.25, 0.3) is 0 Å². The third-order valence-corrected chi connectivity index (χ3v) is 5.01. The van der Waals surface area contributed by atoms with Gasteiger partial charge in [0.15, 0.2) is 0 Å². The predicted molar refractivity (Wildman–Crippen MR) is 118 cm³/mol. The topological polar surface area (TPSA) is 9.86 Å². The molecule has 0 unspecified atom stereocenters. The second-order valence-corrected chi connectivity index (χ2v) is 6.87. The van der Waals surface area contributed by atoms with E-state index in [4.69, 9.17) is 0 Å². The number of halogens is 2. The first-order chi connectivity index (χ1) is 13.9. The molecule has 0 amide bonds. The Morgan fingerprint density at radius 2 is 0.839 bits per heavy atom. The minimum Gasteiger partial charge on any atom is -1.00 e. The molecule has 0 radical (unpaired) electrons. The van der Waals surface area contributed by atoms with E-state index in [1.54, 1.807) is 0 Å². The van der Waals surface area contributed by atoms with Crippen molar-refractivity contribution in [1.29, 1.82) is 0 Å². The molecule has 5 heteroatoms. The normalized spacial score (nSPS) is 9.81. The first kappa shape index (κ1) is 24.9. The van der Waals surface area contributed by atoms with Gasteiger partial charge in [-0.05, 0) is 35.6 Å². The molecular weight excluding hydrogens is 590 g/mol. The molecule has 0 saturated carbocycles. The summed E-state index contributed by atoms with van der Waals surface area (Å²) in [4.78, 5) is 0. The summed E-state index contributed by atoms with van der Waals surface area (Å²) >= 11 is 0. The maximum Gasteiger partial charge on any atom is 4.00 e. The summed E-state index contributed by atoms with van der Waals surface area (Å²) in [6.07, 6.45) is 8.25. The summed E-state index contributed by atoms with van der Waals surface area (Å²) in [6.45, 7) is 0. The van der Waals surface area contributed by atoms with E-state index in [2.05, 4.69) is 107 Å². The van der Waals surface area contributed by atoms with Gasteiger partial charge < -0.3 is 33.9 Å². The van der Waals surface area contributed by atoms with Crippen LogP contribution in [0.2, 0.25) is 0 Å². The first-order valence-corrected chi connectivity index (χ1v) is 9.44. The molecule has 2 aromatic heterocycles. The van der Waals surface area contributed by atoms with Crippen molar-refractivity contribution in [2.45, 2.75) is 0 Å². The fourth-order valence-electron chi connectivity index (χ4n) is 3.58. The molecule has 2 heterocycles.